The predicted molar refractivity (Wildman–Crippen MR) is 91.4 cm³/mol. The topological polar surface area (TPSA) is 47.1 Å². The van der Waals surface area contributed by atoms with Crippen LogP contribution in [0.4, 0.5) is 0 Å². The van der Waals surface area contributed by atoms with Crippen molar-refractivity contribution < 1.29 is 4.42 Å². The van der Waals surface area contributed by atoms with Gasteiger partial charge < -0.3 is 8.98 Å². The fourth-order valence-corrected chi connectivity index (χ4v) is 3.99. The molecule has 2 aromatic heterocycles. The zero-order valence-electron chi connectivity index (χ0n) is 14.2. The maximum atomic E-state index is 6.04. The Bertz CT molecular complexity index is 618. The molecular formula is C17H26N4OS. The Morgan fingerprint density at radius 3 is 2.83 bits per heavy atom. The van der Waals surface area contributed by atoms with E-state index in [0.29, 0.717) is 12.1 Å². The van der Waals surface area contributed by atoms with Crippen LogP contribution in [0.3, 0.4) is 0 Å². The Morgan fingerprint density at radius 1 is 1.39 bits per heavy atom. The number of aryl methyl sites for hydroxylation is 1. The Morgan fingerprint density at radius 2 is 2.17 bits per heavy atom. The van der Waals surface area contributed by atoms with Gasteiger partial charge in [-0.1, -0.05) is 19.8 Å². The lowest BCUT2D eigenvalue weighted by Gasteiger charge is -2.33. The van der Waals surface area contributed by atoms with Crippen molar-refractivity contribution in [1.82, 2.24) is 19.7 Å². The van der Waals surface area contributed by atoms with Gasteiger partial charge in [0.05, 0.1) is 6.54 Å². The Hall–Kier alpha value is -1.27. The summed E-state index contributed by atoms with van der Waals surface area (Å²) in [5, 5.41) is 9.72. The van der Waals surface area contributed by atoms with Crippen molar-refractivity contribution in [2.24, 2.45) is 7.05 Å². The van der Waals surface area contributed by atoms with Gasteiger partial charge >= 0.3 is 0 Å². The Labute approximate surface area is 142 Å². The molecule has 0 saturated heterocycles. The number of hydrogen-bond acceptors (Lipinski definition) is 5. The van der Waals surface area contributed by atoms with Crippen LogP contribution in [-0.2, 0) is 13.6 Å². The van der Waals surface area contributed by atoms with Gasteiger partial charge in [-0.2, -0.15) is 0 Å². The lowest BCUT2D eigenvalue weighted by atomic mass is 10.1. The fourth-order valence-electron chi connectivity index (χ4n) is 3.25. The van der Waals surface area contributed by atoms with E-state index in [9.17, 15) is 0 Å². The molecule has 0 N–H and O–H groups in total. The molecule has 1 fully saturated rings. The number of rotatable bonds is 7. The lowest BCUT2D eigenvalue weighted by Crippen LogP contribution is -2.39. The van der Waals surface area contributed by atoms with E-state index in [1.165, 1.54) is 43.9 Å². The van der Waals surface area contributed by atoms with Crippen molar-refractivity contribution in [3.8, 4) is 0 Å². The minimum Gasteiger partial charge on any atom is -0.453 e. The molecule has 0 amide bonds. The monoisotopic (exact) mass is 334 g/mol. The molecule has 0 radical (unpaired) electrons. The third-order valence-electron chi connectivity index (χ3n) is 4.79. The summed E-state index contributed by atoms with van der Waals surface area (Å²) in [6.07, 6.45) is 8.26. The highest BCUT2D eigenvalue weighted by Crippen LogP contribution is 2.30. The first-order valence-electron chi connectivity index (χ1n) is 8.53. The molecule has 1 aliphatic rings. The van der Waals surface area contributed by atoms with Gasteiger partial charge in [-0.05, 0) is 50.1 Å². The van der Waals surface area contributed by atoms with Gasteiger partial charge in [0, 0.05) is 19.1 Å². The van der Waals surface area contributed by atoms with Gasteiger partial charge in [0.25, 0.3) is 0 Å². The van der Waals surface area contributed by atoms with E-state index in [-0.39, 0.29) is 0 Å². The third kappa shape index (κ3) is 3.98. The highest BCUT2D eigenvalue weighted by molar-refractivity contribution is 7.99. The molecule has 0 aliphatic heterocycles. The first kappa shape index (κ1) is 16.6. The molecule has 2 heterocycles. The highest BCUT2D eigenvalue weighted by atomic mass is 32.2. The molecule has 126 valence electrons. The SMILES string of the molecule is CCC(C)N(Cc1ccc(Sc2nncn2C)o1)C1CCCC1. The molecule has 0 spiro atoms. The predicted octanol–water partition coefficient (Wildman–Crippen LogP) is 4.10. The smallest absolute Gasteiger partial charge is 0.198 e. The molecular weight excluding hydrogens is 308 g/mol. The van der Waals surface area contributed by atoms with Crippen LogP contribution in [0, 0.1) is 0 Å². The minimum absolute atomic E-state index is 0.595. The van der Waals surface area contributed by atoms with Crippen LogP contribution in [-0.4, -0.2) is 31.7 Å². The molecule has 3 rings (SSSR count). The summed E-state index contributed by atoms with van der Waals surface area (Å²) in [5.41, 5.74) is 0. The van der Waals surface area contributed by atoms with Crippen LogP contribution in [0.25, 0.3) is 0 Å². The normalized spacial score (nSPS) is 17.2. The first-order chi connectivity index (χ1) is 11.2. The number of aromatic nitrogens is 3. The van der Waals surface area contributed by atoms with E-state index in [1.807, 2.05) is 17.7 Å². The minimum atomic E-state index is 0.595. The van der Waals surface area contributed by atoms with E-state index in [2.05, 4.69) is 35.0 Å². The Kier molecular flexibility index (Phi) is 5.43. The van der Waals surface area contributed by atoms with Gasteiger partial charge in [0.1, 0.15) is 12.1 Å². The van der Waals surface area contributed by atoms with E-state index >= 15 is 0 Å². The lowest BCUT2D eigenvalue weighted by molar-refractivity contribution is 0.120. The summed E-state index contributed by atoms with van der Waals surface area (Å²) in [5.74, 6) is 1.04. The molecule has 5 nitrogen and oxygen atoms in total. The third-order valence-corrected chi connectivity index (χ3v) is 5.76. The number of hydrogen-bond donors (Lipinski definition) is 0. The highest BCUT2D eigenvalue weighted by Gasteiger charge is 2.26. The molecule has 0 aromatic carbocycles. The van der Waals surface area contributed by atoms with Crippen LogP contribution in [0.15, 0.2) is 33.1 Å². The number of nitrogens with zero attached hydrogens (tertiary/aromatic N) is 4. The summed E-state index contributed by atoms with van der Waals surface area (Å²) in [4.78, 5) is 2.63. The quantitative estimate of drug-likeness (QED) is 0.763. The van der Waals surface area contributed by atoms with Gasteiger partial charge in [-0.15, -0.1) is 10.2 Å². The zero-order valence-corrected chi connectivity index (χ0v) is 15.1. The molecule has 1 unspecified atom stereocenters. The molecule has 1 saturated carbocycles. The summed E-state index contributed by atoms with van der Waals surface area (Å²) >= 11 is 1.52. The number of furan rings is 1. The van der Waals surface area contributed by atoms with Gasteiger partial charge in [-0.3, -0.25) is 4.90 Å². The van der Waals surface area contributed by atoms with Gasteiger partial charge in [-0.25, -0.2) is 0 Å². The second kappa shape index (κ2) is 7.53. The molecule has 0 bridgehead atoms. The van der Waals surface area contributed by atoms with Crippen LogP contribution in [0.2, 0.25) is 0 Å². The average molecular weight is 334 g/mol. The van der Waals surface area contributed by atoms with Gasteiger partial charge in [0.2, 0.25) is 0 Å². The van der Waals surface area contributed by atoms with Crippen molar-refractivity contribution >= 4 is 11.8 Å². The molecule has 2 aromatic rings. The second-order valence-electron chi connectivity index (χ2n) is 6.42. The van der Waals surface area contributed by atoms with Crippen molar-refractivity contribution in [2.45, 2.75) is 74.8 Å². The van der Waals surface area contributed by atoms with E-state index in [4.69, 9.17) is 4.42 Å². The van der Waals surface area contributed by atoms with Crippen LogP contribution < -0.4 is 0 Å². The average Bonchev–Trinajstić information content (AvgIpc) is 3.28. The maximum absolute atomic E-state index is 6.04. The summed E-state index contributed by atoms with van der Waals surface area (Å²) in [7, 11) is 1.94. The summed E-state index contributed by atoms with van der Waals surface area (Å²) in [6.45, 7) is 5.50. The second-order valence-corrected chi connectivity index (χ2v) is 7.39. The van der Waals surface area contributed by atoms with Crippen LogP contribution >= 0.6 is 11.8 Å². The van der Waals surface area contributed by atoms with Crippen molar-refractivity contribution in [3.63, 3.8) is 0 Å². The van der Waals surface area contributed by atoms with Crippen molar-refractivity contribution in [1.29, 1.82) is 0 Å². The van der Waals surface area contributed by atoms with E-state index in [0.717, 1.165) is 22.6 Å². The van der Waals surface area contributed by atoms with Crippen molar-refractivity contribution in [2.75, 3.05) is 0 Å². The van der Waals surface area contributed by atoms with E-state index in [1.54, 1.807) is 6.33 Å². The molecule has 1 atom stereocenters. The fraction of sp³-hybridized carbons (Fsp3) is 0.647. The van der Waals surface area contributed by atoms with E-state index < -0.39 is 0 Å². The maximum Gasteiger partial charge on any atom is 0.198 e. The molecule has 23 heavy (non-hydrogen) atoms. The molecule has 6 heteroatoms. The summed E-state index contributed by atoms with van der Waals surface area (Å²) < 4.78 is 7.94. The van der Waals surface area contributed by atoms with Gasteiger partial charge in [0.15, 0.2) is 10.2 Å². The zero-order chi connectivity index (χ0) is 16.2. The van der Waals surface area contributed by atoms with Crippen molar-refractivity contribution in [3.05, 3.63) is 24.2 Å². The largest absolute Gasteiger partial charge is 0.453 e. The Balaban J connectivity index is 1.67. The van der Waals surface area contributed by atoms with Crippen LogP contribution in [0.1, 0.15) is 51.7 Å². The molecule has 1 aliphatic carbocycles. The first-order valence-corrected chi connectivity index (χ1v) is 9.35. The standard InChI is InChI=1S/C17H26N4OS/c1-4-13(2)21(14-7-5-6-8-14)11-15-9-10-16(22-15)23-17-19-18-12-20(17)3/h9-10,12-14H,4-8,11H2,1-3H3. The summed E-state index contributed by atoms with van der Waals surface area (Å²) in [6, 6.07) is 5.45. The van der Waals surface area contributed by atoms with Crippen LogP contribution in [0.5, 0.6) is 0 Å².